The summed E-state index contributed by atoms with van der Waals surface area (Å²) < 4.78 is 12.5. The van der Waals surface area contributed by atoms with E-state index in [-0.39, 0.29) is 29.9 Å². The van der Waals surface area contributed by atoms with Crippen LogP contribution >= 0.6 is 0 Å². The number of aromatic nitrogens is 4. The SMILES string of the molecule is COc1c(Nc2cc(NC(=O)C3CC3)nnc2C(=O)NC(O)(O)O)cccc1-c1ccn(CCNC(=O)OC(C)(C)C)n1. The number of ether oxygens (including phenoxy) is 2. The zero-order valence-electron chi connectivity index (χ0n) is 24.0. The fourth-order valence-electron chi connectivity index (χ4n) is 3.92. The molecule has 2 aromatic heterocycles. The van der Waals surface area contributed by atoms with Crippen molar-refractivity contribution < 1.29 is 39.2 Å². The lowest BCUT2D eigenvalue weighted by atomic mass is 10.1. The standard InChI is InChI=1S/C27H34N8O8/c1-26(2,3)43-25(38)28-11-13-35-12-10-17(34-35)16-6-5-7-18(22(16)42-4)29-19-14-20(30-23(36)15-8-9-15)32-33-21(19)24(37)31-27(39,40)41/h5-7,10,12,14-15,39-41H,8-9,11,13H2,1-4H3,(H,28,38)(H,31,37)(H2,29,30,32,36). The molecule has 3 aromatic rings. The summed E-state index contributed by atoms with van der Waals surface area (Å²) in [6, 6.07) is 8.25. The summed E-state index contributed by atoms with van der Waals surface area (Å²) in [5.41, 5.74) is 0.485. The van der Waals surface area contributed by atoms with Crippen molar-refractivity contribution in [3.8, 4) is 17.0 Å². The Morgan fingerprint density at radius 1 is 1.07 bits per heavy atom. The Balaban J connectivity index is 1.57. The summed E-state index contributed by atoms with van der Waals surface area (Å²) in [4.78, 5) is 36.9. The number of methoxy groups -OCH3 is 1. The second kappa shape index (κ2) is 12.6. The molecule has 1 saturated carbocycles. The smallest absolute Gasteiger partial charge is 0.407 e. The van der Waals surface area contributed by atoms with Gasteiger partial charge in [0, 0.05) is 30.3 Å². The average Bonchev–Trinajstić information content (AvgIpc) is 3.65. The van der Waals surface area contributed by atoms with Crippen LogP contribution in [0.5, 0.6) is 5.75 Å². The number of carbonyl (C=O) groups is 3. The maximum Gasteiger partial charge on any atom is 0.407 e. The van der Waals surface area contributed by atoms with E-state index in [2.05, 4.69) is 31.2 Å². The molecule has 1 fully saturated rings. The van der Waals surface area contributed by atoms with Crippen molar-refractivity contribution in [1.82, 2.24) is 30.6 Å². The molecule has 16 nitrogen and oxygen atoms in total. The molecule has 43 heavy (non-hydrogen) atoms. The van der Waals surface area contributed by atoms with Gasteiger partial charge in [0.25, 0.3) is 5.91 Å². The zero-order chi connectivity index (χ0) is 31.4. The zero-order valence-corrected chi connectivity index (χ0v) is 24.0. The summed E-state index contributed by atoms with van der Waals surface area (Å²) in [5.74, 6) is -1.14. The van der Waals surface area contributed by atoms with Gasteiger partial charge in [0.15, 0.2) is 17.3 Å². The number of para-hydroxylation sites is 1. The number of nitrogens with one attached hydrogen (secondary N) is 4. The quantitative estimate of drug-likeness (QED) is 0.155. The van der Waals surface area contributed by atoms with Crippen molar-refractivity contribution in [1.29, 1.82) is 0 Å². The first-order valence-corrected chi connectivity index (χ1v) is 13.4. The molecule has 0 bridgehead atoms. The number of hydrogen-bond donors (Lipinski definition) is 7. The van der Waals surface area contributed by atoms with Crippen LogP contribution in [0.1, 0.15) is 44.1 Å². The topological polar surface area (TPSA) is 222 Å². The Hall–Kier alpha value is -4.80. The van der Waals surface area contributed by atoms with E-state index in [9.17, 15) is 29.7 Å². The van der Waals surface area contributed by atoms with Crippen LogP contribution < -0.4 is 26.0 Å². The van der Waals surface area contributed by atoms with Gasteiger partial charge >= 0.3 is 12.2 Å². The van der Waals surface area contributed by atoms with E-state index in [0.717, 1.165) is 12.8 Å². The lowest BCUT2D eigenvalue weighted by Gasteiger charge is -2.19. The second-order valence-corrected chi connectivity index (χ2v) is 10.7. The van der Waals surface area contributed by atoms with Crippen LogP contribution in [0.15, 0.2) is 36.5 Å². The van der Waals surface area contributed by atoms with Gasteiger partial charge in [-0.2, -0.15) is 5.10 Å². The molecule has 0 aliphatic heterocycles. The highest BCUT2D eigenvalue weighted by Gasteiger charge is 2.31. The van der Waals surface area contributed by atoms with Crippen molar-refractivity contribution in [2.45, 2.75) is 51.9 Å². The molecule has 3 amide bonds. The highest BCUT2D eigenvalue weighted by Crippen LogP contribution is 2.38. The van der Waals surface area contributed by atoms with E-state index in [1.807, 2.05) is 0 Å². The molecule has 0 saturated heterocycles. The monoisotopic (exact) mass is 598 g/mol. The first-order chi connectivity index (χ1) is 20.2. The molecule has 16 heteroatoms. The maximum atomic E-state index is 12.7. The fraction of sp³-hybridized carbons (Fsp3) is 0.407. The van der Waals surface area contributed by atoms with Crippen molar-refractivity contribution in [2.75, 3.05) is 24.3 Å². The van der Waals surface area contributed by atoms with Crippen LogP contribution in [-0.4, -0.2) is 78.6 Å². The van der Waals surface area contributed by atoms with Crippen LogP contribution in [0.4, 0.5) is 22.0 Å². The highest BCUT2D eigenvalue weighted by molar-refractivity contribution is 6.00. The van der Waals surface area contributed by atoms with E-state index in [1.54, 1.807) is 61.2 Å². The number of hydrogen-bond acceptors (Lipinski definition) is 12. The summed E-state index contributed by atoms with van der Waals surface area (Å²) in [5, 5.41) is 49.9. The molecule has 4 rings (SSSR count). The Bertz CT molecular complexity index is 1490. The number of nitrogens with zero attached hydrogens (tertiary/aromatic N) is 4. The van der Waals surface area contributed by atoms with Gasteiger partial charge in [-0.15, -0.1) is 10.2 Å². The van der Waals surface area contributed by atoms with Gasteiger partial charge in [-0.05, 0) is 51.8 Å². The normalized spacial score (nSPS) is 13.2. The molecule has 0 spiro atoms. The third kappa shape index (κ3) is 8.84. The van der Waals surface area contributed by atoms with E-state index in [0.29, 0.717) is 29.2 Å². The fourth-order valence-corrected chi connectivity index (χ4v) is 3.92. The van der Waals surface area contributed by atoms with Gasteiger partial charge in [-0.3, -0.25) is 19.6 Å². The Morgan fingerprint density at radius 2 is 1.81 bits per heavy atom. The van der Waals surface area contributed by atoms with Gasteiger partial charge < -0.3 is 40.7 Å². The van der Waals surface area contributed by atoms with Gasteiger partial charge in [0.05, 0.1) is 30.7 Å². The molecular weight excluding hydrogens is 564 g/mol. The number of alkyl carbamates (subject to hydrolysis) is 1. The Labute approximate surface area is 246 Å². The summed E-state index contributed by atoms with van der Waals surface area (Å²) in [6.45, 7) is 5.99. The molecule has 1 aliphatic carbocycles. The van der Waals surface area contributed by atoms with Crippen molar-refractivity contribution >= 4 is 35.1 Å². The molecule has 0 radical (unpaired) electrons. The number of carbonyl (C=O) groups excluding carboxylic acids is 3. The van der Waals surface area contributed by atoms with Crippen LogP contribution in [0.3, 0.4) is 0 Å². The number of aliphatic hydroxyl groups is 3. The third-order valence-electron chi connectivity index (χ3n) is 5.90. The molecular formula is C27H34N8O8. The Morgan fingerprint density at radius 3 is 2.47 bits per heavy atom. The largest absolute Gasteiger partial charge is 0.494 e. The highest BCUT2D eigenvalue weighted by atomic mass is 16.7. The van der Waals surface area contributed by atoms with E-state index in [4.69, 9.17) is 9.47 Å². The number of rotatable bonds is 11. The summed E-state index contributed by atoms with van der Waals surface area (Å²) in [7, 11) is 1.45. The van der Waals surface area contributed by atoms with Crippen LogP contribution in [0.25, 0.3) is 11.3 Å². The minimum absolute atomic E-state index is 0.0112. The molecule has 7 N–H and O–H groups in total. The molecule has 0 unspecified atom stereocenters. The Kier molecular flexibility index (Phi) is 9.13. The van der Waals surface area contributed by atoms with Crippen LogP contribution in [0, 0.1) is 5.92 Å². The van der Waals surface area contributed by atoms with Crippen molar-refractivity contribution in [2.24, 2.45) is 5.92 Å². The number of benzene rings is 1. The van der Waals surface area contributed by atoms with Crippen molar-refractivity contribution in [3.63, 3.8) is 0 Å². The van der Waals surface area contributed by atoms with Crippen LogP contribution in [0.2, 0.25) is 0 Å². The lowest BCUT2D eigenvalue weighted by Crippen LogP contribution is -2.48. The molecule has 1 aromatic carbocycles. The van der Waals surface area contributed by atoms with Gasteiger partial charge in [-0.1, -0.05) is 6.07 Å². The molecule has 230 valence electrons. The summed E-state index contributed by atoms with van der Waals surface area (Å²) in [6.07, 6.45) is -0.779. The maximum absolute atomic E-state index is 12.7. The van der Waals surface area contributed by atoms with Gasteiger partial charge in [-0.25, -0.2) is 4.79 Å². The van der Waals surface area contributed by atoms with Gasteiger partial charge in [0.1, 0.15) is 5.60 Å². The minimum atomic E-state index is -3.51. The third-order valence-corrected chi connectivity index (χ3v) is 5.90. The van der Waals surface area contributed by atoms with E-state index in [1.165, 1.54) is 13.2 Å². The van der Waals surface area contributed by atoms with Crippen molar-refractivity contribution in [3.05, 3.63) is 42.2 Å². The first kappa shape index (κ1) is 31.1. The first-order valence-electron chi connectivity index (χ1n) is 13.4. The molecule has 0 atom stereocenters. The van der Waals surface area contributed by atoms with E-state index >= 15 is 0 Å². The molecule has 1 aliphatic rings. The summed E-state index contributed by atoms with van der Waals surface area (Å²) >= 11 is 0. The molecule has 2 heterocycles. The van der Waals surface area contributed by atoms with Crippen LogP contribution in [-0.2, 0) is 16.1 Å². The lowest BCUT2D eigenvalue weighted by molar-refractivity contribution is -0.323. The predicted molar refractivity (Wildman–Crippen MR) is 152 cm³/mol. The minimum Gasteiger partial charge on any atom is -0.494 e. The predicted octanol–water partition coefficient (Wildman–Crippen LogP) is 1.28. The van der Waals surface area contributed by atoms with E-state index < -0.39 is 29.4 Å². The number of amides is 3. The van der Waals surface area contributed by atoms with Gasteiger partial charge in [0.2, 0.25) is 5.91 Å². The average molecular weight is 599 g/mol. The second-order valence-electron chi connectivity index (χ2n) is 10.7. The number of anilines is 3.